The maximum Gasteiger partial charge on any atom is 0.255 e. The van der Waals surface area contributed by atoms with Crippen LogP contribution < -0.4 is 4.90 Å². The van der Waals surface area contributed by atoms with Gasteiger partial charge in [0.25, 0.3) is 5.91 Å². The Hall–Kier alpha value is -2.37. The van der Waals surface area contributed by atoms with Gasteiger partial charge in [-0.2, -0.15) is 0 Å². The van der Waals surface area contributed by atoms with Crippen LogP contribution in [0.15, 0.2) is 37.1 Å². The van der Waals surface area contributed by atoms with Crippen LogP contribution in [0.4, 0.5) is 5.82 Å². The first-order valence-electron chi connectivity index (χ1n) is 10.3. The molecule has 144 valence electrons. The van der Waals surface area contributed by atoms with E-state index < -0.39 is 0 Å². The first-order valence-corrected chi connectivity index (χ1v) is 10.3. The third-order valence-corrected chi connectivity index (χ3v) is 5.76. The average molecular weight is 367 g/mol. The lowest BCUT2D eigenvalue weighted by atomic mass is 9.97. The van der Waals surface area contributed by atoms with Gasteiger partial charge in [-0.3, -0.25) is 4.79 Å². The first-order chi connectivity index (χ1) is 13.3. The minimum atomic E-state index is 0.111. The molecule has 4 rings (SSSR count). The zero-order valence-corrected chi connectivity index (χ0v) is 16.0. The molecule has 0 bridgehead atoms. The molecule has 0 unspecified atom stereocenters. The molecule has 0 aromatic carbocycles. The zero-order valence-electron chi connectivity index (χ0n) is 16.0. The first kappa shape index (κ1) is 18.0. The monoisotopic (exact) mass is 367 g/mol. The number of amides is 1. The van der Waals surface area contributed by atoms with Crippen LogP contribution in [-0.2, 0) is 6.54 Å². The summed E-state index contributed by atoms with van der Waals surface area (Å²) < 4.78 is 2.11. The lowest BCUT2D eigenvalue weighted by Crippen LogP contribution is -2.41. The summed E-state index contributed by atoms with van der Waals surface area (Å²) in [7, 11) is 0. The van der Waals surface area contributed by atoms with E-state index in [2.05, 4.69) is 19.4 Å². The van der Waals surface area contributed by atoms with Crippen molar-refractivity contribution in [2.75, 3.05) is 31.1 Å². The average Bonchev–Trinajstić information content (AvgIpc) is 3.07. The summed E-state index contributed by atoms with van der Waals surface area (Å²) in [4.78, 5) is 26.0. The molecule has 1 amide bonds. The Morgan fingerprint density at radius 2 is 1.93 bits per heavy atom. The number of hydrogen-bond donors (Lipinski definition) is 0. The Morgan fingerprint density at radius 1 is 1.07 bits per heavy atom. The van der Waals surface area contributed by atoms with Gasteiger partial charge in [0.1, 0.15) is 5.82 Å². The molecule has 0 aliphatic carbocycles. The van der Waals surface area contributed by atoms with Crippen molar-refractivity contribution in [3.05, 3.63) is 42.6 Å². The number of piperidine rings is 1. The largest absolute Gasteiger partial charge is 0.357 e. The zero-order chi connectivity index (χ0) is 18.5. The highest BCUT2D eigenvalue weighted by Crippen LogP contribution is 2.22. The molecule has 2 saturated heterocycles. The number of carbonyl (C=O) groups is 1. The smallest absolute Gasteiger partial charge is 0.255 e. The van der Waals surface area contributed by atoms with Gasteiger partial charge < -0.3 is 14.4 Å². The van der Waals surface area contributed by atoms with Crippen LogP contribution in [-0.4, -0.2) is 51.5 Å². The number of rotatable bonds is 4. The minimum absolute atomic E-state index is 0.111. The summed E-state index contributed by atoms with van der Waals surface area (Å²) in [6.45, 7) is 4.72. The molecule has 0 N–H and O–H groups in total. The van der Waals surface area contributed by atoms with Gasteiger partial charge in [0.15, 0.2) is 0 Å². The SMILES string of the molecule is O=C(c1ccc(N2CCCCCC2)nc1)N1CCC[C@@H](Cn2ccnc2)C1. The number of aromatic nitrogens is 3. The molecule has 6 nitrogen and oxygen atoms in total. The van der Waals surface area contributed by atoms with E-state index in [0.717, 1.165) is 51.4 Å². The van der Waals surface area contributed by atoms with Crippen molar-refractivity contribution in [3.63, 3.8) is 0 Å². The van der Waals surface area contributed by atoms with E-state index in [1.165, 1.54) is 25.7 Å². The molecule has 2 aliphatic heterocycles. The molecule has 0 spiro atoms. The topological polar surface area (TPSA) is 54.3 Å². The standard InChI is InChI=1S/C21H29N5O/c27-21(26-12-5-6-18(16-26)15-24-13-9-22-17-24)19-7-8-20(23-14-19)25-10-3-1-2-4-11-25/h7-9,13-14,17-18H,1-6,10-12,15-16H2/t18-/m0/s1. The molecule has 2 aliphatic rings. The van der Waals surface area contributed by atoms with Crippen molar-refractivity contribution in [1.29, 1.82) is 0 Å². The molecular weight excluding hydrogens is 338 g/mol. The van der Waals surface area contributed by atoms with E-state index >= 15 is 0 Å². The summed E-state index contributed by atoms with van der Waals surface area (Å²) >= 11 is 0. The highest BCUT2D eigenvalue weighted by molar-refractivity contribution is 5.94. The van der Waals surface area contributed by atoms with Crippen molar-refractivity contribution < 1.29 is 4.79 Å². The highest BCUT2D eigenvalue weighted by Gasteiger charge is 2.25. The Labute approximate surface area is 161 Å². The van der Waals surface area contributed by atoms with Crippen LogP contribution in [0.2, 0.25) is 0 Å². The summed E-state index contributed by atoms with van der Waals surface area (Å²) in [6, 6.07) is 3.97. The van der Waals surface area contributed by atoms with E-state index in [-0.39, 0.29) is 5.91 Å². The molecule has 2 aromatic rings. The van der Waals surface area contributed by atoms with Gasteiger partial charge in [-0.05, 0) is 43.7 Å². The molecule has 27 heavy (non-hydrogen) atoms. The second kappa shape index (κ2) is 8.55. The normalized spacial score (nSPS) is 21.1. The lowest BCUT2D eigenvalue weighted by molar-refractivity contribution is 0.0662. The van der Waals surface area contributed by atoms with Gasteiger partial charge in [-0.1, -0.05) is 12.8 Å². The van der Waals surface area contributed by atoms with Gasteiger partial charge in [0.2, 0.25) is 0 Å². The Bertz CT molecular complexity index is 720. The Balaban J connectivity index is 1.38. The minimum Gasteiger partial charge on any atom is -0.357 e. The van der Waals surface area contributed by atoms with Crippen LogP contribution in [0.3, 0.4) is 0 Å². The predicted molar refractivity (Wildman–Crippen MR) is 106 cm³/mol. The molecule has 1 atom stereocenters. The second-order valence-electron chi connectivity index (χ2n) is 7.83. The molecule has 6 heteroatoms. The second-order valence-corrected chi connectivity index (χ2v) is 7.83. The van der Waals surface area contributed by atoms with E-state index in [1.54, 1.807) is 6.20 Å². The van der Waals surface area contributed by atoms with Gasteiger partial charge >= 0.3 is 0 Å². The summed E-state index contributed by atoms with van der Waals surface area (Å²) in [5.74, 6) is 1.60. The molecular formula is C21H29N5O. The summed E-state index contributed by atoms with van der Waals surface area (Å²) in [5.41, 5.74) is 0.705. The third-order valence-electron chi connectivity index (χ3n) is 5.76. The highest BCUT2D eigenvalue weighted by atomic mass is 16.2. The fraction of sp³-hybridized carbons (Fsp3) is 0.571. The molecule has 2 fully saturated rings. The van der Waals surface area contributed by atoms with E-state index in [4.69, 9.17) is 0 Å². The van der Waals surface area contributed by atoms with Crippen LogP contribution in [0.1, 0.15) is 48.9 Å². The van der Waals surface area contributed by atoms with Gasteiger partial charge in [-0.25, -0.2) is 9.97 Å². The lowest BCUT2D eigenvalue weighted by Gasteiger charge is -2.33. The molecule has 2 aromatic heterocycles. The van der Waals surface area contributed by atoms with Crippen LogP contribution in [0.5, 0.6) is 0 Å². The van der Waals surface area contributed by atoms with Crippen LogP contribution >= 0.6 is 0 Å². The van der Waals surface area contributed by atoms with E-state index in [9.17, 15) is 4.79 Å². The Morgan fingerprint density at radius 3 is 2.63 bits per heavy atom. The number of likely N-dealkylation sites (tertiary alicyclic amines) is 1. The number of nitrogens with zero attached hydrogens (tertiary/aromatic N) is 5. The predicted octanol–water partition coefficient (Wildman–Crippen LogP) is 3.21. The van der Waals surface area contributed by atoms with Crippen LogP contribution in [0.25, 0.3) is 0 Å². The number of imidazole rings is 1. The third kappa shape index (κ3) is 4.49. The Kier molecular flexibility index (Phi) is 5.70. The van der Waals surface area contributed by atoms with Crippen molar-refractivity contribution >= 4 is 11.7 Å². The quantitative estimate of drug-likeness (QED) is 0.833. The summed E-state index contributed by atoms with van der Waals surface area (Å²) in [6.07, 6.45) is 14.7. The fourth-order valence-corrected chi connectivity index (χ4v) is 4.27. The summed E-state index contributed by atoms with van der Waals surface area (Å²) in [5, 5.41) is 0. The number of pyridine rings is 1. The maximum absolute atomic E-state index is 12.9. The van der Waals surface area contributed by atoms with E-state index in [0.29, 0.717) is 11.5 Å². The van der Waals surface area contributed by atoms with Crippen molar-refractivity contribution in [1.82, 2.24) is 19.4 Å². The van der Waals surface area contributed by atoms with Gasteiger partial charge in [-0.15, -0.1) is 0 Å². The number of carbonyl (C=O) groups excluding carboxylic acids is 1. The fourth-order valence-electron chi connectivity index (χ4n) is 4.27. The van der Waals surface area contributed by atoms with Crippen molar-refractivity contribution in [2.45, 2.75) is 45.1 Å². The van der Waals surface area contributed by atoms with Crippen molar-refractivity contribution in [3.8, 4) is 0 Å². The van der Waals surface area contributed by atoms with E-state index in [1.807, 2.05) is 35.8 Å². The molecule has 0 radical (unpaired) electrons. The van der Waals surface area contributed by atoms with Crippen molar-refractivity contribution in [2.24, 2.45) is 5.92 Å². The number of anilines is 1. The van der Waals surface area contributed by atoms with Crippen LogP contribution in [0, 0.1) is 5.92 Å². The molecule has 0 saturated carbocycles. The maximum atomic E-state index is 12.9. The molecule has 4 heterocycles. The van der Waals surface area contributed by atoms with Gasteiger partial charge in [0, 0.05) is 51.3 Å². The number of hydrogen-bond acceptors (Lipinski definition) is 4. The van der Waals surface area contributed by atoms with Gasteiger partial charge in [0.05, 0.1) is 11.9 Å².